The third-order valence-corrected chi connectivity index (χ3v) is 6.32. The summed E-state index contributed by atoms with van der Waals surface area (Å²) in [6, 6.07) is 15.5. The summed E-state index contributed by atoms with van der Waals surface area (Å²) in [4.78, 5) is 18.1. The summed E-state index contributed by atoms with van der Waals surface area (Å²) in [5, 5.41) is 5.30. The van der Waals surface area contributed by atoms with Crippen LogP contribution in [0.1, 0.15) is 13.3 Å². The molecule has 0 saturated carbocycles. The quantitative estimate of drug-likeness (QED) is 0.377. The number of carbonyl (C=O) groups is 1. The van der Waals surface area contributed by atoms with Crippen LogP contribution in [0.25, 0.3) is 11.3 Å². The smallest absolute Gasteiger partial charge is 0.239 e. The second kappa shape index (κ2) is 8.70. The summed E-state index contributed by atoms with van der Waals surface area (Å²) >= 11 is 6.37. The van der Waals surface area contributed by atoms with Gasteiger partial charge in [0.1, 0.15) is 0 Å². The number of nitrogen functional groups attached to an aromatic ring is 1. The zero-order valence-corrected chi connectivity index (χ0v) is 17.3. The number of halogens is 1. The number of rotatable bonds is 6. The molecule has 3 N–H and O–H groups in total. The maximum absolute atomic E-state index is 12.6. The first-order valence-electron chi connectivity index (χ1n) is 8.09. The van der Waals surface area contributed by atoms with Crippen molar-refractivity contribution in [2.24, 2.45) is 0 Å². The van der Waals surface area contributed by atoms with E-state index in [0.717, 1.165) is 27.0 Å². The van der Waals surface area contributed by atoms with Gasteiger partial charge in [0.25, 0.3) is 0 Å². The van der Waals surface area contributed by atoms with Gasteiger partial charge in [-0.05, 0) is 36.8 Å². The number of nitrogens with one attached hydrogen (secondary N) is 1. The number of nitrogens with zero attached hydrogens (tertiary/aromatic N) is 1. The zero-order chi connectivity index (χ0) is 18.5. The number of thiazole rings is 1. The topological polar surface area (TPSA) is 68.0 Å². The van der Waals surface area contributed by atoms with E-state index in [0.29, 0.717) is 10.8 Å². The molecule has 4 nitrogen and oxygen atoms in total. The van der Waals surface area contributed by atoms with E-state index in [1.807, 2.05) is 60.8 Å². The number of nitrogens with two attached hydrogens (primary N) is 1. The Kier molecular flexibility index (Phi) is 6.34. The lowest BCUT2D eigenvalue weighted by Crippen LogP contribution is -2.24. The van der Waals surface area contributed by atoms with Crippen LogP contribution in [-0.4, -0.2) is 16.1 Å². The van der Waals surface area contributed by atoms with Crippen LogP contribution in [0.5, 0.6) is 0 Å². The van der Waals surface area contributed by atoms with E-state index >= 15 is 0 Å². The first-order valence-corrected chi connectivity index (χ1v) is 10.6. The van der Waals surface area contributed by atoms with Crippen molar-refractivity contribution in [1.29, 1.82) is 0 Å². The average molecular weight is 448 g/mol. The van der Waals surface area contributed by atoms with E-state index < -0.39 is 0 Å². The number of benzene rings is 2. The molecule has 0 aliphatic heterocycles. The van der Waals surface area contributed by atoms with Gasteiger partial charge in [0, 0.05) is 26.0 Å². The lowest BCUT2D eigenvalue weighted by Gasteiger charge is -2.13. The van der Waals surface area contributed by atoms with Gasteiger partial charge in [-0.25, -0.2) is 4.98 Å². The van der Waals surface area contributed by atoms with Crippen LogP contribution in [0.3, 0.4) is 0 Å². The van der Waals surface area contributed by atoms with Crippen LogP contribution < -0.4 is 11.1 Å². The molecule has 1 unspecified atom stereocenters. The van der Waals surface area contributed by atoms with Crippen molar-refractivity contribution in [3.05, 3.63) is 58.4 Å². The minimum absolute atomic E-state index is 0.0448. The van der Waals surface area contributed by atoms with Gasteiger partial charge in [-0.2, -0.15) is 0 Å². The van der Waals surface area contributed by atoms with E-state index in [1.54, 1.807) is 0 Å². The molecular formula is C19H18BrN3OS2. The second-order valence-electron chi connectivity index (χ2n) is 5.62. The molecule has 1 heterocycles. The molecule has 3 rings (SSSR count). The highest BCUT2D eigenvalue weighted by atomic mass is 79.9. The minimum Gasteiger partial charge on any atom is -0.399 e. The van der Waals surface area contributed by atoms with Crippen LogP contribution in [0, 0.1) is 0 Å². The number of carbonyl (C=O) groups excluding carboxylic acids is 1. The molecule has 26 heavy (non-hydrogen) atoms. The van der Waals surface area contributed by atoms with Gasteiger partial charge in [-0.1, -0.05) is 41.1 Å². The number of anilines is 2. The molecule has 0 radical (unpaired) electrons. The fourth-order valence-corrected chi connectivity index (χ4v) is 4.35. The number of thioether (sulfide) groups is 1. The van der Waals surface area contributed by atoms with Crippen LogP contribution in [0.2, 0.25) is 0 Å². The molecule has 134 valence electrons. The average Bonchev–Trinajstić information content (AvgIpc) is 3.08. The highest BCUT2D eigenvalue weighted by molar-refractivity contribution is 9.10. The van der Waals surface area contributed by atoms with Crippen molar-refractivity contribution < 1.29 is 4.79 Å². The Bertz CT molecular complexity index is 896. The van der Waals surface area contributed by atoms with Gasteiger partial charge >= 0.3 is 0 Å². The van der Waals surface area contributed by atoms with Crippen LogP contribution in [0.15, 0.2) is 63.3 Å². The van der Waals surface area contributed by atoms with E-state index in [2.05, 4.69) is 26.2 Å². The second-order valence-corrected chi connectivity index (χ2v) is 8.67. The Morgan fingerprint density at radius 3 is 2.77 bits per heavy atom. The fraction of sp³-hybridized carbons (Fsp3) is 0.158. The van der Waals surface area contributed by atoms with Crippen molar-refractivity contribution >= 4 is 55.8 Å². The monoisotopic (exact) mass is 447 g/mol. The zero-order valence-electron chi connectivity index (χ0n) is 14.1. The molecule has 0 saturated heterocycles. The van der Waals surface area contributed by atoms with Crippen molar-refractivity contribution in [3.8, 4) is 11.3 Å². The lowest BCUT2D eigenvalue weighted by atomic mass is 10.2. The maximum atomic E-state index is 12.6. The molecule has 0 bridgehead atoms. The molecule has 1 amide bonds. The SMILES string of the molecule is CCC(Sc1cccc(N)c1)C(=O)Nc1nc(-c2ccc(Br)cc2)cs1. The van der Waals surface area contributed by atoms with Gasteiger partial charge < -0.3 is 11.1 Å². The number of amides is 1. The first kappa shape index (κ1) is 18.9. The summed E-state index contributed by atoms with van der Waals surface area (Å²) in [5.74, 6) is -0.0448. The Hall–Kier alpha value is -1.83. The van der Waals surface area contributed by atoms with Crippen molar-refractivity contribution in [2.75, 3.05) is 11.1 Å². The van der Waals surface area contributed by atoms with Gasteiger partial charge in [0.2, 0.25) is 5.91 Å². The standard InChI is InChI=1S/C19H18BrN3OS2/c1-2-17(26-15-5-3-4-14(21)10-15)18(24)23-19-22-16(11-25-19)12-6-8-13(20)9-7-12/h3-11,17H,2,21H2,1H3,(H,22,23,24). The van der Waals surface area contributed by atoms with Crippen molar-refractivity contribution in [3.63, 3.8) is 0 Å². The van der Waals surface area contributed by atoms with Crippen LogP contribution in [-0.2, 0) is 4.79 Å². The molecular weight excluding hydrogens is 430 g/mol. The summed E-state index contributed by atoms with van der Waals surface area (Å²) in [6.45, 7) is 2.00. The Morgan fingerprint density at radius 1 is 1.31 bits per heavy atom. The van der Waals surface area contributed by atoms with Gasteiger partial charge in [0.05, 0.1) is 10.9 Å². The molecule has 1 aromatic heterocycles. The van der Waals surface area contributed by atoms with E-state index in [9.17, 15) is 4.79 Å². The summed E-state index contributed by atoms with van der Waals surface area (Å²) in [5.41, 5.74) is 8.39. The largest absolute Gasteiger partial charge is 0.399 e. The molecule has 3 aromatic rings. The summed E-state index contributed by atoms with van der Waals surface area (Å²) < 4.78 is 1.02. The Morgan fingerprint density at radius 2 is 2.08 bits per heavy atom. The fourth-order valence-electron chi connectivity index (χ4n) is 2.34. The molecule has 0 aliphatic rings. The number of aromatic nitrogens is 1. The van der Waals surface area contributed by atoms with Gasteiger partial charge in [-0.3, -0.25) is 4.79 Å². The van der Waals surface area contributed by atoms with Crippen molar-refractivity contribution in [1.82, 2.24) is 4.98 Å². The third kappa shape index (κ3) is 4.87. The maximum Gasteiger partial charge on any atom is 0.239 e. The third-order valence-electron chi connectivity index (χ3n) is 3.67. The van der Waals surface area contributed by atoms with Crippen LogP contribution >= 0.6 is 39.0 Å². The number of hydrogen-bond acceptors (Lipinski definition) is 5. The molecule has 7 heteroatoms. The minimum atomic E-state index is -0.197. The van der Waals surface area contributed by atoms with Crippen molar-refractivity contribution in [2.45, 2.75) is 23.5 Å². The first-order chi connectivity index (χ1) is 12.5. The number of hydrogen-bond donors (Lipinski definition) is 2. The predicted octanol–water partition coefficient (Wildman–Crippen LogP) is 5.66. The molecule has 0 spiro atoms. The molecule has 0 aliphatic carbocycles. The Balaban J connectivity index is 1.67. The highest BCUT2D eigenvalue weighted by Gasteiger charge is 2.19. The van der Waals surface area contributed by atoms with E-state index in [-0.39, 0.29) is 11.2 Å². The normalized spacial score (nSPS) is 11.9. The van der Waals surface area contributed by atoms with Crippen LogP contribution in [0.4, 0.5) is 10.8 Å². The Labute approximate surface area is 169 Å². The molecule has 0 fully saturated rings. The molecule has 1 atom stereocenters. The lowest BCUT2D eigenvalue weighted by molar-refractivity contribution is -0.115. The molecule has 2 aromatic carbocycles. The van der Waals surface area contributed by atoms with E-state index in [4.69, 9.17) is 5.73 Å². The van der Waals surface area contributed by atoms with Gasteiger partial charge in [0.15, 0.2) is 5.13 Å². The highest BCUT2D eigenvalue weighted by Crippen LogP contribution is 2.30. The summed E-state index contributed by atoms with van der Waals surface area (Å²) in [7, 11) is 0. The summed E-state index contributed by atoms with van der Waals surface area (Å²) in [6.07, 6.45) is 0.718. The predicted molar refractivity (Wildman–Crippen MR) is 115 cm³/mol. The van der Waals surface area contributed by atoms with Gasteiger partial charge in [-0.15, -0.1) is 23.1 Å². The van der Waals surface area contributed by atoms with E-state index in [1.165, 1.54) is 23.1 Å².